The first-order chi connectivity index (χ1) is 14.0. The molecule has 0 spiro atoms. The Labute approximate surface area is 181 Å². The van der Waals surface area contributed by atoms with Crippen LogP contribution in [0.2, 0.25) is 5.02 Å². The molecule has 0 atom stereocenters. The van der Waals surface area contributed by atoms with Crippen LogP contribution in [0.3, 0.4) is 0 Å². The maximum atomic E-state index is 12.1. The van der Waals surface area contributed by atoms with Crippen LogP contribution in [-0.4, -0.2) is 18.1 Å². The molecule has 0 unspecified atom stereocenters. The lowest BCUT2D eigenvalue weighted by Gasteiger charge is -2.05. The predicted molar refractivity (Wildman–Crippen MR) is 116 cm³/mol. The van der Waals surface area contributed by atoms with Crippen molar-refractivity contribution in [2.75, 3.05) is 0 Å². The number of carbonyl (C=O) groups is 2. The van der Waals surface area contributed by atoms with E-state index in [1.54, 1.807) is 48.5 Å². The van der Waals surface area contributed by atoms with Gasteiger partial charge in [-0.1, -0.05) is 39.7 Å². The Balaban J connectivity index is 1.50. The molecule has 0 aromatic heterocycles. The zero-order chi connectivity index (χ0) is 20.6. The number of hydrazone groups is 1. The van der Waals surface area contributed by atoms with Gasteiger partial charge in [-0.25, -0.2) is 10.2 Å². The summed E-state index contributed by atoms with van der Waals surface area (Å²) in [5.74, 6) is -0.276. The predicted octanol–water partition coefficient (Wildman–Crippen LogP) is 5.01. The molecular formula is C22H16BrClN2O3. The first-order valence-electron chi connectivity index (χ1n) is 8.64. The number of benzene rings is 3. The van der Waals surface area contributed by atoms with Crippen molar-refractivity contribution >= 4 is 45.6 Å². The fourth-order valence-corrected chi connectivity index (χ4v) is 2.77. The highest BCUT2D eigenvalue weighted by Crippen LogP contribution is 2.15. The van der Waals surface area contributed by atoms with Gasteiger partial charge in [0, 0.05) is 9.50 Å². The summed E-state index contributed by atoms with van der Waals surface area (Å²) in [5.41, 5.74) is 4.55. The molecular weight excluding hydrogens is 456 g/mol. The van der Waals surface area contributed by atoms with E-state index in [9.17, 15) is 9.59 Å². The van der Waals surface area contributed by atoms with Crippen LogP contribution < -0.4 is 10.2 Å². The maximum Gasteiger partial charge on any atom is 0.343 e. The van der Waals surface area contributed by atoms with Gasteiger partial charge >= 0.3 is 5.97 Å². The van der Waals surface area contributed by atoms with E-state index in [4.69, 9.17) is 16.3 Å². The molecule has 0 aliphatic rings. The third-order valence-electron chi connectivity index (χ3n) is 3.85. The number of nitrogens with zero attached hydrogens (tertiary/aromatic N) is 1. The number of nitrogens with one attached hydrogen (secondary N) is 1. The lowest BCUT2D eigenvalue weighted by molar-refractivity contribution is -0.120. The molecule has 0 aliphatic carbocycles. The minimum atomic E-state index is -0.469. The zero-order valence-electron chi connectivity index (χ0n) is 15.1. The molecule has 1 amide bonds. The second-order valence-electron chi connectivity index (χ2n) is 6.06. The largest absolute Gasteiger partial charge is 0.423 e. The topological polar surface area (TPSA) is 67.8 Å². The first-order valence-corrected chi connectivity index (χ1v) is 9.81. The Hall–Kier alpha value is -2.96. The Bertz CT molecular complexity index is 1020. The van der Waals surface area contributed by atoms with Crippen molar-refractivity contribution in [3.05, 3.63) is 99.0 Å². The average molecular weight is 472 g/mol. The molecule has 5 nitrogen and oxygen atoms in total. The molecule has 0 radical (unpaired) electrons. The summed E-state index contributed by atoms with van der Waals surface area (Å²) in [6.45, 7) is 0. The van der Waals surface area contributed by atoms with Crippen molar-refractivity contribution in [3.63, 3.8) is 0 Å². The summed E-state index contributed by atoms with van der Waals surface area (Å²) in [4.78, 5) is 24.0. The third-order valence-corrected chi connectivity index (χ3v) is 4.63. The molecule has 3 rings (SSSR count). The number of esters is 1. The lowest BCUT2D eigenvalue weighted by Crippen LogP contribution is -2.19. The van der Waals surface area contributed by atoms with Gasteiger partial charge < -0.3 is 4.74 Å². The van der Waals surface area contributed by atoms with Gasteiger partial charge in [-0.15, -0.1) is 0 Å². The van der Waals surface area contributed by atoms with Crippen LogP contribution in [0.15, 0.2) is 82.4 Å². The molecule has 0 saturated carbocycles. The Morgan fingerprint density at radius 3 is 2.28 bits per heavy atom. The van der Waals surface area contributed by atoms with Crippen LogP contribution in [0.25, 0.3) is 0 Å². The summed E-state index contributed by atoms with van der Waals surface area (Å²) in [6, 6.07) is 20.7. The molecule has 3 aromatic carbocycles. The van der Waals surface area contributed by atoms with Crippen molar-refractivity contribution in [1.29, 1.82) is 0 Å². The van der Waals surface area contributed by atoms with Gasteiger partial charge in [-0.2, -0.15) is 5.10 Å². The van der Waals surface area contributed by atoms with Crippen LogP contribution in [0.1, 0.15) is 21.5 Å². The van der Waals surface area contributed by atoms with Gasteiger partial charge in [0.05, 0.1) is 18.2 Å². The molecule has 0 aliphatic heterocycles. The quantitative estimate of drug-likeness (QED) is 0.238. The molecule has 0 bridgehead atoms. The lowest BCUT2D eigenvalue weighted by atomic mass is 10.1. The SMILES string of the molecule is O=C(Cc1ccc(Br)cc1)N/N=C\c1ccc(OC(=O)c2ccc(Cl)cc2)cc1. The van der Waals surface area contributed by atoms with E-state index in [0.717, 1.165) is 15.6 Å². The van der Waals surface area contributed by atoms with Crippen molar-refractivity contribution in [2.45, 2.75) is 6.42 Å². The van der Waals surface area contributed by atoms with Gasteiger partial charge in [-0.05, 0) is 71.8 Å². The molecule has 0 heterocycles. The minimum absolute atomic E-state index is 0.211. The molecule has 1 N–H and O–H groups in total. The number of halogens is 2. The number of ether oxygens (including phenoxy) is 1. The van der Waals surface area contributed by atoms with Gasteiger partial charge in [-0.3, -0.25) is 4.79 Å². The summed E-state index contributed by atoms with van der Waals surface area (Å²) in [6.07, 6.45) is 1.76. The highest BCUT2D eigenvalue weighted by Gasteiger charge is 2.08. The van der Waals surface area contributed by atoms with Gasteiger partial charge in [0.15, 0.2) is 0 Å². The van der Waals surface area contributed by atoms with Crippen LogP contribution in [0.5, 0.6) is 5.75 Å². The normalized spacial score (nSPS) is 10.7. The van der Waals surface area contributed by atoms with E-state index in [0.29, 0.717) is 16.3 Å². The zero-order valence-corrected chi connectivity index (χ0v) is 17.5. The fraction of sp³-hybridized carbons (Fsp3) is 0.0455. The van der Waals surface area contributed by atoms with E-state index >= 15 is 0 Å². The van der Waals surface area contributed by atoms with Crippen molar-refractivity contribution in [1.82, 2.24) is 5.43 Å². The second-order valence-corrected chi connectivity index (χ2v) is 7.41. The van der Waals surface area contributed by atoms with Gasteiger partial charge in [0.1, 0.15) is 5.75 Å². The molecule has 0 fully saturated rings. The van der Waals surface area contributed by atoms with E-state index in [-0.39, 0.29) is 12.3 Å². The third kappa shape index (κ3) is 6.55. The van der Waals surface area contributed by atoms with E-state index in [2.05, 4.69) is 26.5 Å². The Kier molecular flexibility index (Phi) is 7.16. The second kappa shape index (κ2) is 10.0. The number of rotatable bonds is 6. The summed E-state index contributed by atoms with van der Waals surface area (Å²) >= 11 is 9.16. The number of hydrogen-bond donors (Lipinski definition) is 1. The van der Waals surface area contributed by atoms with Crippen LogP contribution in [0, 0.1) is 0 Å². The Morgan fingerprint density at radius 1 is 0.966 bits per heavy atom. The minimum Gasteiger partial charge on any atom is -0.423 e. The van der Waals surface area contributed by atoms with Gasteiger partial charge in [0.2, 0.25) is 5.91 Å². The van der Waals surface area contributed by atoms with Crippen LogP contribution in [-0.2, 0) is 11.2 Å². The maximum absolute atomic E-state index is 12.1. The van der Waals surface area contributed by atoms with Crippen LogP contribution in [0.4, 0.5) is 0 Å². The molecule has 29 heavy (non-hydrogen) atoms. The average Bonchev–Trinajstić information content (AvgIpc) is 2.71. The summed E-state index contributed by atoms with van der Waals surface area (Å²) in [5, 5.41) is 4.50. The van der Waals surface area contributed by atoms with Crippen LogP contribution >= 0.6 is 27.5 Å². The molecule has 7 heteroatoms. The van der Waals surface area contributed by atoms with E-state index in [1.165, 1.54) is 6.21 Å². The van der Waals surface area contributed by atoms with Gasteiger partial charge in [0.25, 0.3) is 0 Å². The van der Waals surface area contributed by atoms with Crippen molar-refractivity contribution in [3.8, 4) is 5.75 Å². The smallest absolute Gasteiger partial charge is 0.343 e. The molecule has 146 valence electrons. The van der Waals surface area contributed by atoms with Crippen molar-refractivity contribution < 1.29 is 14.3 Å². The standard InChI is InChI=1S/C22H16BrClN2O3/c23-18-7-1-15(2-8-18)13-21(27)26-25-14-16-3-11-20(12-4-16)29-22(28)17-5-9-19(24)10-6-17/h1-12,14H,13H2,(H,26,27)/b25-14-. The number of amides is 1. The fourth-order valence-electron chi connectivity index (χ4n) is 2.38. The highest BCUT2D eigenvalue weighted by atomic mass is 79.9. The summed E-state index contributed by atoms with van der Waals surface area (Å²) < 4.78 is 6.27. The van der Waals surface area contributed by atoms with Crippen molar-refractivity contribution in [2.24, 2.45) is 5.10 Å². The molecule has 3 aromatic rings. The summed E-state index contributed by atoms with van der Waals surface area (Å²) in [7, 11) is 0. The highest BCUT2D eigenvalue weighted by molar-refractivity contribution is 9.10. The monoisotopic (exact) mass is 470 g/mol. The first kappa shape index (κ1) is 20.8. The van der Waals surface area contributed by atoms with E-state index in [1.807, 2.05) is 24.3 Å². The Morgan fingerprint density at radius 2 is 1.62 bits per heavy atom. The molecule has 0 saturated heterocycles. The number of hydrogen-bond acceptors (Lipinski definition) is 4. The van der Waals surface area contributed by atoms with E-state index < -0.39 is 5.97 Å². The number of carbonyl (C=O) groups excluding carboxylic acids is 2.